The van der Waals surface area contributed by atoms with Crippen molar-refractivity contribution in [2.24, 2.45) is 5.92 Å². The lowest BCUT2D eigenvalue weighted by Crippen LogP contribution is -2.47. The molecule has 7 nitrogen and oxygen atoms in total. The number of aromatic nitrogens is 5. The molecule has 0 aliphatic carbocycles. The van der Waals surface area contributed by atoms with Crippen LogP contribution in [0.3, 0.4) is 0 Å². The standard InChI is InChI=1S/C24H25ClN6O/c1-5-16-11-18(31(17-9-7-6-8-10-17)24(32)19(16)15(4)25)20(14(2)3)30-23-21-22(27-12-26-21)28-13-29-23/h5-14,20H,1-4H3,(H2,26,27,28,29,30)/b16-5-,19-15-/t20-/m0/s1. The minimum atomic E-state index is -0.229. The van der Waals surface area contributed by atoms with Gasteiger partial charge in [0.05, 0.1) is 17.6 Å². The van der Waals surface area contributed by atoms with E-state index in [4.69, 9.17) is 11.6 Å². The van der Waals surface area contributed by atoms with Crippen LogP contribution < -0.4 is 21.3 Å². The van der Waals surface area contributed by atoms with Crippen molar-refractivity contribution in [2.45, 2.75) is 33.7 Å². The van der Waals surface area contributed by atoms with Gasteiger partial charge in [0, 0.05) is 16.4 Å². The molecule has 4 rings (SSSR count). The Balaban J connectivity index is 2.02. The molecular formula is C24H25ClN6O. The summed E-state index contributed by atoms with van der Waals surface area (Å²) >= 11 is 6.37. The summed E-state index contributed by atoms with van der Waals surface area (Å²) in [5.41, 5.74) is 2.73. The molecule has 1 atom stereocenters. The quantitative estimate of drug-likeness (QED) is 0.488. The van der Waals surface area contributed by atoms with Crippen LogP contribution in [-0.2, 0) is 0 Å². The van der Waals surface area contributed by atoms with Gasteiger partial charge in [0.25, 0.3) is 5.56 Å². The number of hydrogen-bond acceptors (Lipinski definition) is 5. The van der Waals surface area contributed by atoms with E-state index < -0.39 is 0 Å². The van der Waals surface area contributed by atoms with E-state index in [-0.39, 0.29) is 17.5 Å². The highest BCUT2D eigenvalue weighted by Gasteiger charge is 2.23. The van der Waals surface area contributed by atoms with E-state index in [1.165, 1.54) is 6.33 Å². The Bertz CT molecular complexity index is 1440. The highest BCUT2D eigenvalue weighted by atomic mass is 35.5. The van der Waals surface area contributed by atoms with Crippen LogP contribution in [0.15, 0.2) is 53.8 Å². The molecule has 0 bridgehead atoms. The monoisotopic (exact) mass is 448 g/mol. The molecule has 0 amide bonds. The van der Waals surface area contributed by atoms with Gasteiger partial charge in [-0.1, -0.05) is 49.7 Å². The van der Waals surface area contributed by atoms with Gasteiger partial charge in [-0.05, 0) is 43.2 Å². The van der Waals surface area contributed by atoms with E-state index in [2.05, 4.69) is 39.1 Å². The van der Waals surface area contributed by atoms with Crippen LogP contribution in [0.1, 0.15) is 39.4 Å². The fraction of sp³-hybridized carbons (Fsp3) is 0.250. The van der Waals surface area contributed by atoms with E-state index in [0.717, 1.165) is 22.1 Å². The van der Waals surface area contributed by atoms with Crippen molar-refractivity contribution in [1.82, 2.24) is 24.5 Å². The lowest BCUT2D eigenvalue weighted by atomic mass is 9.98. The molecule has 0 saturated heterocycles. The number of aromatic amines is 1. The first-order chi connectivity index (χ1) is 15.4. The van der Waals surface area contributed by atoms with Gasteiger partial charge in [0.15, 0.2) is 11.5 Å². The van der Waals surface area contributed by atoms with E-state index in [9.17, 15) is 4.79 Å². The Morgan fingerprint density at radius 2 is 1.94 bits per heavy atom. The molecule has 0 saturated carbocycles. The average molecular weight is 449 g/mol. The Morgan fingerprint density at radius 3 is 2.59 bits per heavy atom. The molecule has 2 N–H and O–H groups in total. The lowest BCUT2D eigenvalue weighted by Gasteiger charge is -2.27. The second-order valence-electron chi connectivity index (χ2n) is 7.89. The van der Waals surface area contributed by atoms with Crippen molar-refractivity contribution in [3.8, 4) is 5.69 Å². The molecule has 164 valence electrons. The number of nitrogens with zero attached hydrogens (tertiary/aromatic N) is 4. The molecule has 3 aromatic heterocycles. The average Bonchev–Trinajstić information content (AvgIpc) is 3.26. The van der Waals surface area contributed by atoms with E-state index in [1.54, 1.807) is 17.8 Å². The van der Waals surface area contributed by atoms with Crippen LogP contribution in [0.4, 0.5) is 5.82 Å². The van der Waals surface area contributed by atoms with E-state index in [0.29, 0.717) is 21.7 Å². The maximum atomic E-state index is 13.7. The summed E-state index contributed by atoms with van der Waals surface area (Å²) in [6.45, 7) is 7.86. The first-order valence-corrected chi connectivity index (χ1v) is 10.8. The molecule has 0 fully saturated rings. The zero-order chi connectivity index (χ0) is 22.8. The zero-order valence-electron chi connectivity index (χ0n) is 18.4. The summed E-state index contributed by atoms with van der Waals surface area (Å²) < 4.78 is 1.73. The van der Waals surface area contributed by atoms with Crippen molar-refractivity contribution in [3.63, 3.8) is 0 Å². The number of rotatable bonds is 5. The first-order valence-electron chi connectivity index (χ1n) is 10.5. The molecule has 0 radical (unpaired) electrons. The fourth-order valence-corrected chi connectivity index (χ4v) is 4.09. The van der Waals surface area contributed by atoms with Gasteiger partial charge in [-0.15, -0.1) is 0 Å². The van der Waals surface area contributed by atoms with Gasteiger partial charge in [0.2, 0.25) is 0 Å². The number of hydrogen-bond donors (Lipinski definition) is 2. The van der Waals surface area contributed by atoms with Crippen LogP contribution >= 0.6 is 11.6 Å². The third-order valence-corrected chi connectivity index (χ3v) is 5.63. The molecule has 0 unspecified atom stereocenters. The number of fused-ring (bicyclic) bond motifs is 1. The third kappa shape index (κ3) is 3.91. The van der Waals surface area contributed by atoms with Crippen LogP contribution in [-0.4, -0.2) is 24.5 Å². The molecule has 0 spiro atoms. The van der Waals surface area contributed by atoms with Crippen LogP contribution in [0.2, 0.25) is 0 Å². The number of benzene rings is 1. The maximum Gasteiger partial charge on any atom is 0.264 e. The molecule has 8 heteroatoms. The normalized spacial score (nSPS) is 14.1. The van der Waals surface area contributed by atoms with Crippen molar-refractivity contribution in [2.75, 3.05) is 5.32 Å². The zero-order valence-corrected chi connectivity index (χ0v) is 19.2. The number of halogens is 1. The summed E-state index contributed by atoms with van der Waals surface area (Å²) in [6.07, 6.45) is 4.98. The van der Waals surface area contributed by atoms with Crippen LogP contribution in [0.25, 0.3) is 28.0 Å². The number of imidazole rings is 1. The summed E-state index contributed by atoms with van der Waals surface area (Å²) in [7, 11) is 0. The Morgan fingerprint density at radius 1 is 1.19 bits per heavy atom. The minimum Gasteiger partial charge on any atom is -0.360 e. The summed E-state index contributed by atoms with van der Waals surface area (Å²) in [5, 5.41) is 5.29. The van der Waals surface area contributed by atoms with Crippen molar-refractivity contribution < 1.29 is 0 Å². The van der Waals surface area contributed by atoms with Crippen LogP contribution in [0.5, 0.6) is 0 Å². The largest absolute Gasteiger partial charge is 0.360 e. The topological polar surface area (TPSA) is 88.5 Å². The maximum absolute atomic E-state index is 13.7. The van der Waals surface area contributed by atoms with E-state index in [1.807, 2.05) is 49.4 Å². The summed E-state index contributed by atoms with van der Waals surface area (Å²) in [4.78, 5) is 29.7. The molecule has 4 aromatic rings. The number of anilines is 1. The molecular weight excluding hydrogens is 424 g/mol. The van der Waals surface area contributed by atoms with Crippen molar-refractivity contribution >= 4 is 39.7 Å². The molecule has 0 aliphatic rings. The predicted molar refractivity (Wildman–Crippen MR) is 129 cm³/mol. The molecule has 1 aromatic carbocycles. The SMILES string of the molecule is C/C=c1/cc([C@@H](Nc2ncnc3nc[nH]c23)C(C)C)n(-c2ccccc2)c(=O)/c1=C(/C)Cl. The number of H-pyrrole nitrogens is 1. The second-order valence-corrected chi connectivity index (χ2v) is 8.45. The Kier molecular flexibility index (Phi) is 6.10. The smallest absolute Gasteiger partial charge is 0.264 e. The van der Waals surface area contributed by atoms with Gasteiger partial charge in [0.1, 0.15) is 11.8 Å². The number of nitrogens with one attached hydrogen (secondary N) is 2. The highest BCUT2D eigenvalue weighted by Crippen LogP contribution is 2.28. The molecule has 0 aliphatic heterocycles. The lowest BCUT2D eigenvalue weighted by molar-refractivity contribution is 0.521. The predicted octanol–water partition coefficient (Wildman–Crippen LogP) is 3.48. The molecule has 3 heterocycles. The van der Waals surface area contributed by atoms with Gasteiger partial charge in [-0.25, -0.2) is 15.0 Å². The molecule has 32 heavy (non-hydrogen) atoms. The first kappa shape index (κ1) is 21.8. The van der Waals surface area contributed by atoms with E-state index >= 15 is 0 Å². The van der Waals surface area contributed by atoms with Crippen molar-refractivity contribution in [1.29, 1.82) is 0 Å². The Labute approximate surface area is 190 Å². The van der Waals surface area contributed by atoms with Crippen molar-refractivity contribution in [3.05, 3.63) is 75.5 Å². The van der Waals surface area contributed by atoms with Crippen LogP contribution in [0, 0.1) is 5.92 Å². The summed E-state index contributed by atoms with van der Waals surface area (Å²) in [6, 6.07) is 11.4. The minimum absolute atomic E-state index is 0.133. The highest BCUT2D eigenvalue weighted by molar-refractivity contribution is 6.44. The second kappa shape index (κ2) is 8.96. The third-order valence-electron chi connectivity index (χ3n) is 5.44. The Hall–Kier alpha value is -3.45. The number of pyridine rings is 1. The van der Waals surface area contributed by atoms with Gasteiger partial charge in [-0.3, -0.25) is 9.36 Å². The fourth-order valence-electron chi connectivity index (χ4n) is 3.90. The van der Waals surface area contributed by atoms with Gasteiger partial charge < -0.3 is 10.3 Å². The number of para-hydroxylation sites is 1. The van der Waals surface area contributed by atoms with Gasteiger partial charge in [-0.2, -0.15) is 0 Å². The summed E-state index contributed by atoms with van der Waals surface area (Å²) in [5.74, 6) is 0.762. The van der Waals surface area contributed by atoms with Gasteiger partial charge >= 0.3 is 0 Å².